The quantitative estimate of drug-likeness (QED) is 0.489. The zero-order valence-electron chi connectivity index (χ0n) is 12.3. The van der Waals surface area contributed by atoms with Gasteiger partial charge in [0, 0.05) is 16.9 Å². The molecule has 2 amide bonds. The number of carbonyl (C=O) groups is 2. The molecule has 0 aromatic heterocycles. The van der Waals surface area contributed by atoms with Crippen molar-refractivity contribution in [2.75, 3.05) is 4.90 Å². The molecule has 0 fully saturated rings. The van der Waals surface area contributed by atoms with E-state index in [0.29, 0.717) is 11.3 Å². The first-order valence-corrected chi connectivity index (χ1v) is 7.07. The van der Waals surface area contributed by atoms with Gasteiger partial charge in [0.1, 0.15) is 0 Å². The third kappa shape index (κ3) is 3.51. The molecule has 2 N–H and O–H groups in total. The molecule has 0 aliphatic rings. The van der Waals surface area contributed by atoms with Crippen LogP contribution in [0.2, 0.25) is 0 Å². The third-order valence-corrected chi connectivity index (χ3v) is 3.37. The van der Waals surface area contributed by atoms with Crippen molar-refractivity contribution in [3.8, 4) is 0 Å². The van der Waals surface area contributed by atoms with Gasteiger partial charge >= 0.3 is 0 Å². The van der Waals surface area contributed by atoms with Gasteiger partial charge in [-0.2, -0.15) is 0 Å². The number of nitrogens with zero attached hydrogens (tertiary/aromatic N) is 1. The summed E-state index contributed by atoms with van der Waals surface area (Å²) in [5.74, 6) is -0.590. The lowest BCUT2D eigenvalue weighted by atomic mass is 10.1. The fourth-order valence-corrected chi connectivity index (χ4v) is 2.22. The zero-order chi connectivity index (χ0) is 15.9. The van der Waals surface area contributed by atoms with Crippen LogP contribution in [0.4, 0.5) is 11.4 Å². The van der Waals surface area contributed by atoms with Crippen LogP contribution in [0.3, 0.4) is 0 Å². The molecule has 5 nitrogen and oxygen atoms in total. The molecule has 0 bridgehead atoms. The Morgan fingerprint density at radius 3 is 2.09 bits per heavy atom. The van der Waals surface area contributed by atoms with Crippen LogP contribution >= 0.6 is 0 Å². The highest BCUT2D eigenvalue weighted by Gasteiger charge is 2.10. The average molecular weight is 298 g/mol. The summed E-state index contributed by atoms with van der Waals surface area (Å²) in [4.78, 5) is 24.2. The van der Waals surface area contributed by atoms with E-state index in [4.69, 9.17) is 5.21 Å². The Morgan fingerprint density at radius 1 is 1.09 bits per heavy atom. The molecule has 0 atom stereocenters. The molecule has 2 aromatic carbocycles. The van der Waals surface area contributed by atoms with Crippen molar-refractivity contribution in [2.24, 2.45) is 0 Å². The van der Waals surface area contributed by atoms with E-state index in [1.54, 1.807) is 29.7 Å². The van der Waals surface area contributed by atoms with Gasteiger partial charge < -0.3 is 0 Å². The maximum Gasteiger partial charge on any atom is 0.274 e. The summed E-state index contributed by atoms with van der Waals surface area (Å²) in [6, 6.07) is 14.2. The lowest BCUT2D eigenvalue weighted by Gasteiger charge is -2.18. The van der Waals surface area contributed by atoms with Crippen molar-refractivity contribution >= 4 is 23.7 Å². The highest BCUT2D eigenvalue weighted by Crippen LogP contribution is 2.24. The number of rotatable bonds is 6. The van der Waals surface area contributed by atoms with E-state index in [1.165, 1.54) is 10.5 Å². The molecule has 0 spiro atoms. The van der Waals surface area contributed by atoms with E-state index in [1.807, 2.05) is 24.3 Å². The predicted molar refractivity (Wildman–Crippen MR) is 84.3 cm³/mol. The zero-order valence-corrected chi connectivity index (χ0v) is 12.3. The lowest BCUT2D eigenvalue weighted by molar-refractivity contribution is -0.106. The summed E-state index contributed by atoms with van der Waals surface area (Å²) in [6.45, 7) is 2.12. The third-order valence-electron chi connectivity index (χ3n) is 3.37. The maximum absolute atomic E-state index is 11.4. The first-order valence-electron chi connectivity index (χ1n) is 7.07. The van der Waals surface area contributed by atoms with Crippen LogP contribution in [0, 0.1) is 0 Å². The fourth-order valence-electron chi connectivity index (χ4n) is 2.22. The minimum Gasteiger partial charge on any atom is -0.288 e. The topological polar surface area (TPSA) is 69.6 Å². The maximum atomic E-state index is 11.4. The van der Waals surface area contributed by atoms with E-state index in [0.717, 1.165) is 24.9 Å². The summed E-state index contributed by atoms with van der Waals surface area (Å²) in [7, 11) is 0. The number of hydrogen-bond donors (Lipinski definition) is 2. The first kappa shape index (κ1) is 15.7. The second kappa shape index (κ2) is 7.38. The molecule has 2 aromatic rings. The van der Waals surface area contributed by atoms with Crippen LogP contribution in [0.25, 0.3) is 0 Å². The molecular formula is C17H18N2O3. The van der Waals surface area contributed by atoms with Crippen LogP contribution in [0.5, 0.6) is 0 Å². The van der Waals surface area contributed by atoms with Gasteiger partial charge in [-0.3, -0.25) is 19.7 Å². The molecule has 0 aliphatic carbocycles. The number of hydrogen-bond acceptors (Lipinski definition) is 3. The van der Waals surface area contributed by atoms with Crippen molar-refractivity contribution in [1.82, 2.24) is 5.48 Å². The first-order chi connectivity index (χ1) is 10.7. The second-order valence-electron chi connectivity index (χ2n) is 4.88. The molecule has 22 heavy (non-hydrogen) atoms. The largest absolute Gasteiger partial charge is 0.288 e. The molecular weight excluding hydrogens is 280 g/mol. The van der Waals surface area contributed by atoms with Crippen molar-refractivity contribution in [1.29, 1.82) is 0 Å². The van der Waals surface area contributed by atoms with Crippen LogP contribution in [0.1, 0.15) is 29.3 Å². The summed E-state index contributed by atoms with van der Waals surface area (Å²) in [5, 5.41) is 8.59. The van der Waals surface area contributed by atoms with Gasteiger partial charge in [0.15, 0.2) is 0 Å². The van der Waals surface area contributed by atoms with Crippen LogP contribution < -0.4 is 10.4 Å². The predicted octanol–water partition coefficient (Wildman–Crippen LogP) is 3.05. The van der Waals surface area contributed by atoms with Crippen LogP contribution in [0.15, 0.2) is 48.5 Å². The second-order valence-corrected chi connectivity index (χ2v) is 4.88. The molecule has 0 saturated carbocycles. The molecule has 0 unspecified atom stereocenters. The van der Waals surface area contributed by atoms with Gasteiger partial charge in [-0.1, -0.05) is 25.5 Å². The monoisotopic (exact) mass is 298 g/mol. The highest BCUT2D eigenvalue weighted by molar-refractivity contribution is 5.94. The number of benzene rings is 2. The Bertz CT molecular complexity index is 636. The number of carbonyl (C=O) groups excluding carboxylic acids is 2. The van der Waals surface area contributed by atoms with E-state index in [-0.39, 0.29) is 0 Å². The average Bonchev–Trinajstić information content (AvgIpc) is 2.57. The van der Waals surface area contributed by atoms with Gasteiger partial charge in [0.25, 0.3) is 5.91 Å². The normalized spacial score (nSPS) is 10.1. The van der Waals surface area contributed by atoms with Crippen molar-refractivity contribution in [3.63, 3.8) is 0 Å². The molecule has 0 heterocycles. The number of anilines is 2. The van der Waals surface area contributed by atoms with Gasteiger partial charge in [-0.25, -0.2) is 5.48 Å². The standard InChI is InChI=1S/C17H18N2O3/c1-2-3-13-4-8-15(9-5-13)19(12-20)16-10-6-14(7-11-16)17(21)18-22/h4-12,22H,2-3H2,1H3,(H,18,21). The summed E-state index contributed by atoms with van der Waals surface area (Å²) < 4.78 is 0. The van der Waals surface area contributed by atoms with Gasteiger partial charge in [0.05, 0.1) is 0 Å². The fraction of sp³-hybridized carbons (Fsp3) is 0.176. The molecule has 0 aliphatic heterocycles. The van der Waals surface area contributed by atoms with E-state index < -0.39 is 5.91 Å². The molecule has 0 radical (unpaired) electrons. The van der Waals surface area contributed by atoms with E-state index in [2.05, 4.69) is 6.92 Å². The number of hydroxylamine groups is 1. The van der Waals surface area contributed by atoms with E-state index in [9.17, 15) is 9.59 Å². The van der Waals surface area contributed by atoms with Crippen molar-refractivity contribution in [2.45, 2.75) is 19.8 Å². The highest BCUT2D eigenvalue weighted by atomic mass is 16.5. The van der Waals surface area contributed by atoms with Crippen LogP contribution in [-0.2, 0) is 11.2 Å². The molecule has 0 saturated heterocycles. The number of nitrogens with one attached hydrogen (secondary N) is 1. The SMILES string of the molecule is CCCc1ccc(N(C=O)c2ccc(C(=O)NO)cc2)cc1. The Balaban J connectivity index is 2.23. The Kier molecular flexibility index (Phi) is 5.27. The van der Waals surface area contributed by atoms with Crippen molar-refractivity contribution < 1.29 is 14.8 Å². The van der Waals surface area contributed by atoms with Gasteiger partial charge in [0.2, 0.25) is 6.41 Å². The molecule has 114 valence electrons. The van der Waals surface area contributed by atoms with Crippen LogP contribution in [-0.4, -0.2) is 17.5 Å². The number of amides is 2. The smallest absolute Gasteiger partial charge is 0.274 e. The number of aryl methyl sites for hydroxylation is 1. The molecule has 5 heteroatoms. The minimum atomic E-state index is -0.590. The summed E-state index contributed by atoms with van der Waals surface area (Å²) in [6.07, 6.45) is 2.81. The minimum absolute atomic E-state index is 0.315. The summed E-state index contributed by atoms with van der Waals surface area (Å²) in [5.41, 5.74) is 4.52. The van der Waals surface area contributed by atoms with Gasteiger partial charge in [-0.05, 0) is 48.4 Å². The van der Waals surface area contributed by atoms with Gasteiger partial charge in [-0.15, -0.1) is 0 Å². The Labute approximate surface area is 129 Å². The van der Waals surface area contributed by atoms with Crippen molar-refractivity contribution in [3.05, 3.63) is 59.7 Å². The summed E-state index contributed by atoms with van der Waals surface area (Å²) >= 11 is 0. The Morgan fingerprint density at radius 2 is 1.64 bits per heavy atom. The van der Waals surface area contributed by atoms with E-state index >= 15 is 0 Å². The molecule has 2 rings (SSSR count). The lowest BCUT2D eigenvalue weighted by Crippen LogP contribution is -2.19. The Hall–Kier alpha value is -2.66.